The smallest absolute Gasteiger partial charge is 0.322 e. The molecule has 3 aliphatic carbocycles. The second-order valence-electron chi connectivity index (χ2n) is 10.1. The molecule has 3 aliphatic rings. The van der Waals surface area contributed by atoms with Gasteiger partial charge in [-0.15, -0.1) is 5.06 Å². The molecule has 40 heavy (non-hydrogen) atoms. The number of likely N-dealkylation sites (N-methyl/N-ethyl adjacent to an activating group) is 1. The second-order valence-corrected chi connectivity index (χ2v) is 10.9. The summed E-state index contributed by atoms with van der Waals surface area (Å²) in [5.41, 5.74) is -1.39. The van der Waals surface area contributed by atoms with Crippen molar-refractivity contribution in [3.63, 3.8) is 0 Å². The van der Waals surface area contributed by atoms with Crippen LogP contribution in [0.5, 0.6) is 11.5 Å². The Balaban J connectivity index is 1.41. The van der Waals surface area contributed by atoms with Crippen molar-refractivity contribution < 1.29 is 37.5 Å². The molecular weight excluding hydrogens is 571 g/mol. The fourth-order valence-electron chi connectivity index (χ4n) is 5.48. The van der Waals surface area contributed by atoms with Crippen LogP contribution >= 0.6 is 23.2 Å². The number of carbonyl (C=O) groups is 3. The van der Waals surface area contributed by atoms with Crippen LogP contribution in [0.3, 0.4) is 0 Å². The Kier molecular flexibility index (Phi) is 9.06. The first-order valence-electron chi connectivity index (χ1n) is 12.6. The highest BCUT2D eigenvalue weighted by atomic mass is 35.5. The van der Waals surface area contributed by atoms with Crippen molar-refractivity contribution in [3.05, 3.63) is 58.1 Å². The van der Waals surface area contributed by atoms with Gasteiger partial charge in [-0.3, -0.25) is 14.4 Å². The van der Waals surface area contributed by atoms with Crippen LogP contribution in [-0.4, -0.2) is 60.2 Å². The highest BCUT2D eigenvalue weighted by Gasteiger charge is 2.57. The van der Waals surface area contributed by atoms with Crippen molar-refractivity contribution in [2.45, 2.75) is 56.1 Å². The largest absolute Gasteiger partial charge is 0.484 e. The molecule has 0 aliphatic heterocycles. The monoisotopic (exact) mass is 599 g/mol. The Morgan fingerprint density at radius 1 is 0.900 bits per heavy atom. The van der Waals surface area contributed by atoms with Crippen LogP contribution in [0.4, 0.5) is 8.78 Å². The lowest BCUT2D eigenvalue weighted by atomic mass is 9.58. The van der Waals surface area contributed by atoms with Crippen molar-refractivity contribution in [2.24, 2.45) is 0 Å². The fourth-order valence-corrected chi connectivity index (χ4v) is 5.72. The molecule has 9 nitrogen and oxygen atoms in total. The van der Waals surface area contributed by atoms with Crippen molar-refractivity contribution in [1.29, 1.82) is 0 Å². The summed E-state index contributed by atoms with van der Waals surface area (Å²) in [6.45, 7) is 0.575. The Morgan fingerprint density at radius 2 is 1.40 bits per heavy atom. The number of carbonyl (C=O) groups excluding carboxylic acids is 3. The molecule has 5 rings (SSSR count). The topological polar surface area (TPSA) is 106 Å². The number of nitrogens with zero attached hydrogens (tertiary/aromatic N) is 1. The van der Waals surface area contributed by atoms with Crippen molar-refractivity contribution in [3.8, 4) is 11.5 Å². The molecule has 3 fully saturated rings. The fraction of sp³-hybridized carbons (Fsp3) is 0.444. The van der Waals surface area contributed by atoms with E-state index in [4.69, 9.17) is 37.5 Å². The van der Waals surface area contributed by atoms with Gasteiger partial charge < -0.3 is 24.9 Å². The minimum atomic E-state index is -0.764. The summed E-state index contributed by atoms with van der Waals surface area (Å²) in [5.74, 6) is -2.35. The number of hydroxylamine groups is 2. The summed E-state index contributed by atoms with van der Waals surface area (Å²) in [5, 5.41) is 7.39. The zero-order valence-corrected chi connectivity index (χ0v) is 23.4. The van der Waals surface area contributed by atoms with Crippen molar-refractivity contribution >= 4 is 41.0 Å². The van der Waals surface area contributed by atoms with Crippen LogP contribution in [0, 0.1) is 11.6 Å². The maximum atomic E-state index is 13.7. The molecule has 2 amide bonds. The SMILES string of the molecule is CC(=O)ON(C)C1CC2(NC(=O)COc3ccc(Cl)c(F)c3)CCC1(NC(=O)COc1ccc(Cl)c(F)c1)CC2. The molecule has 3 saturated carbocycles. The van der Waals surface area contributed by atoms with Gasteiger partial charge in [0.05, 0.1) is 21.6 Å². The zero-order valence-electron chi connectivity index (χ0n) is 21.9. The van der Waals surface area contributed by atoms with Gasteiger partial charge in [-0.25, -0.2) is 8.78 Å². The molecule has 0 spiro atoms. The lowest BCUT2D eigenvalue weighted by Gasteiger charge is -2.59. The number of rotatable bonds is 10. The molecule has 2 N–H and O–H groups in total. The van der Waals surface area contributed by atoms with Gasteiger partial charge in [0.25, 0.3) is 11.8 Å². The average Bonchev–Trinajstić information content (AvgIpc) is 2.90. The molecule has 2 aromatic carbocycles. The second kappa shape index (κ2) is 12.2. The number of nitrogens with one attached hydrogen (secondary N) is 2. The molecule has 1 unspecified atom stereocenters. The van der Waals surface area contributed by atoms with Gasteiger partial charge >= 0.3 is 5.97 Å². The van der Waals surface area contributed by atoms with Crippen LogP contribution in [0.1, 0.15) is 39.0 Å². The molecule has 13 heteroatoms. The van der Waals surface area contributed by atoms with E-state index < -0.39 is 46.5 Å². The highest BCUT2D eigenvalue weighted by molar-refractivity contribution is 6.31. The van der Waals surface area contributed by atoms with Crippen molar-refractivity contribution in [2.75, 3.05) is 20.3 Å². The number of ether oxygens (including phenoxy) is 2. The van der Waals surface area contributed by atoms with Crippen LogP contribution in [0.15, 0.2) is 36.4 Å². The standard InChI is InChI=1S/C27H29Cl2F2N3O6/c1-16(35)40-34(2)23-13-26(32-24(36)14-38-17-3-5-19(28)21(30)11-17)7-9-27(23,10-8-26)33-25(37)15-39-18-4-6-20(29)22(31)12-18/h3-6,11-12,23H,7-10,13-15H2,1-2H3,(H,32,36)(H,33,37). The number of hydrogen-bond acceptors (Lipinski definition) is 7. The minimum absolute atomic E-state index is 0.0518. The van der Waals surface area contributed by atoms with Gasteiger partial charge in [-0.05, 0) is 56.4 Å². The van der Waals surface area contributed by atoms with Crippen LogP contribution in [0.2, 0.25) is 10.0 Å². The summed E-state index contributed by atoms with van der Waals surface area (Å²) in [4.78, 5) is 42.8. The molecule has 216 valence electrons. The molecule has 0 radical (unpaired) electrons. The van der Waals surface area contributed by atoms with E-state index in [0.29, 0.717) is 32.1 Å². The number of hydrogen-bond donors (Lipinski definition) is 2. The molecule has 2 bridgehead atoms. The van der Waals surface area contributed by atoms with Gasteiger partial charge in [0.1, 0.15) is 23.1 Å². The van der Waals surface area contributed by atoms with Crippen LogP contribution < -0.4 is 20.1 Å². The third kappa shape index (κ3) is 6.94. The van der Waals surface area contributed by atoms with E-state index >= 15 is 0 Å². The zero-order chi connectivity index (χ0) is 29.1. The summed E-state index contributed by atoms with van der Waals surface area (Å²) >= 11 is 11.4. The first-order chi connectivity index (χ1) is 18.9. The Morgan fingerprint density at radius 3 is 1.88 bits per heavy atom. The van der Waals surface area contributed by atoms with Gasteiger partial charge in [-0.2, -0.15) is 0 Å². The Bertz CT molecular complexity index is 1290. The summed E-state index contributed by atoms with van der Waals surface area (Å²) in [6, 6.07) is 7.32. The van der Waals surface area contributed by atoms with E-state index in [2.05, 4.69) is 10.6 Å². The number of halogens is 4. The summed E-state index contributed by atoms with van der Waals surface area (Å²) in [6.07, 6.45) is 2.42. The first kappa shape index (κ1) is 29.8. The third-order valence-corrected chi connectivity index (χ3v) is 7.96. The van der Waals surface area contributed by atoms with E-state index in [9.17, 15) is 23.2 Å². The first-order valence-corrected chi connectivity index (χ1v) is 13.3. The highest BCUT2D eigenvalue weighted by Crippen LogP contribution is 2.48. The predicted octanol–water partition coefficient (Wildman–Crippen LogP) is 4.20. The van der Waals surface area contributed by atoms with Gasteiger partial charge in [0.2, 0.25) is 0 Å². The predicted molar refractivity (Wildman–Crippen MR) is 142 cm³/mol. The van der Waals surface area contributed by atoms with Gasteiger partial charge in [-0.1, -0.05) is 23.2 Å². The average molecular weight is 600 g/mol. The number of amides is 2. The van der Waals surface area contributed by atoms with Gasteiger partial charge in [0, 0.05) is 31.6 Å². The lowest BCUT2D eigenvalue weighted by Crippen LogP contribution is -2.73. The number of fused-ring (bicyclic) bond motifs is 3. The van der Waals surface area contributed by atoms with E-state index in [1.165, 1.54) is 36.3 Å². The third-order valence-electron chi connectivity index (χ3n) is 7.35. The summed E-state index contributed by atoms with van der Waals surface area (Å²) < 4.78 is 38.3. The maximum Gasteiger partial charge on any atom is 0.322 e. The molecule has 1 atom stereocenters. The maximum absolute atomic E-state index is 13.7. The minimum Gasteiger partial charge on any atom is -0.484 e. The summed E-state index contributed by atoms with van der Waals surface area (Å²) in [7, 11) is 1.60. The Labute approximate surface area is 240 Å². The molecule has 0 aromatic heterocycles. The van der Waals surface area contributed by atoms with E-state index in [-0.39, 0.29) is 34.8 Å². The Hall–Kier alpha value is -3.15. The molecule has 2 aromatic rings. The van der Waals surface area contributed by atoms with Crippen molar-refractivity contribution in [1.82, 2.24) is 15.7 Å². The lowest BCUT2D eigenvalue weighted by molar-refractivity contribution is -0.211. The molecule has 0 saturated heterocycles. The van der Waals surface area contributed by atoms with Gasteiger partial charge in [0.15, 0.2) is 13.2 Å². The molecular formula is C27H29Cl2F2N3O6. The van der Waals surface area contributed by atoms with E-state index in [0.717, 1.165) is 12.1 Å². The molecule has 0 heterocycles. The van der Waals surface area contributed by atoms with E-state index in [1.807, 2.05) is 0 Å². The van der Waals surface area contributed by atoms with Crippen LogP contribution in [-0.2, 0) is 19.2 Å². The van der Waals surface area contributed by atoms with Crippen LogP contribution in [0.25, 0.3) is 0 Å². The quantitative estimate of drug-likeness (QED) is 0.394. The van der Waals surface area contributed by atoms with E-state index in [1.54, 1.807) is 7.05 Å². The normalized spacial score (nSPS) is 23.4. The number of benzene rings is 2.